The second-order valence-electron chi connectivity index (χ2n) is 4.07. The second kappa shape index (κ2) is 4.02. The summed E-state index contributed by atoms with van der Waals surface area (Å²) in [6.45, 7) is 0. The van der Waals surface area contributed by atoms with Crippen LogP contribution in [-0.2, 0) is 10.2 Å². The molecule has 1 aliphatic carbocycles. The van der Waals surface area contributed by atoms with E-state index < -0.39 is 26.2 Å². The van der Waals surface area contributed by atoms with Crippen molar-refractivity contribution in [1.29, 1.82) is 0 Å². The van der Waals surface area contributed by atoms with Crippen molar-refractivity contribution in [1.82, 2.24) is 0 Å². The minimum absolute atomic E-state index is 0.151. The molecule has 0 aromatic heterocycles. The van der Waals surface area contributed by atoms with Gasteiger partial charge in [0.15, 0.2) is 0 Å². The smallest absolute Gasteiger partial charge is 0.280 e. The first-order valence-electron chi connectivity index (χ1n) is 5.02. The molecule has 94 valence electrons. The van der Waals surface area contributed by atoms with Gasteiger partial charge in [0.25, 0.3) is 11.4 Å². The lowest BCUT2D eigenvalue weighted by atomic mass is 9.95. The highest BCUT2D eigenvalue weighted by Crippen LogP contribution is 2.53. The monoisotopic (exact) mass is 270 g/mol. The predicted molar refractivity (Wildman–Crippen MR) is 61.5 cm³/mol. The number of hydrogen-bond donors (Lipinski definition) is 0. The maximum absolute atomic E-state index is 11.3. The Morgan fingerprint density at radius 1 is 1.22 bits per heavy atom. The number of nitro groups is 2. The maximum Gasteiger partial charge on any atom is 0.280 e. The summed E-state index contributed by atoms with van der Waals surface area (Å²) in [6.07, 6.45) is 0.849. The van der Waals surface area contributed by atoms with E-state index in [1.165, 1.54) is 6.07 Å². The molecule has 7 nitrogen and oxygen atoms in total. The topological polar surface area (TPSA) is 103 Å². The summed E-state index contributed by atoms with van der Waals surface area (Å²) < 4.78 is 0. The fourth-order valence-electron chi connectivity index (χ4n) is 1.89. The van der Waals surface area contributed by atoms with Gasteiger partial charge in [-0.25, -0.2) is 0 Å². The van der Waals surface area contributed by atoms with E-state index in [-0.39, 0.29) is 11.3 Å². The van der Waals surface area contributed by atoms with Crippen molar-refractivity contribution in [2.45, 2.75) is 18.3 Å². The van der Waals surface area contributed by atoms with Crippen LogP contribution >= 0.6 is 11.6 Å². The summed E-state index contributed by atoms with van der Waals surface area (Å²) in [5, 5.41) is 20.8. The van der Waals surface area contributed by atoms with Crippen LogP contribution < -0.4 is 0 Å². The molecule has 0 unspecified atom stereocenters. The summed E-state index contributed by atoms with van der Waals surface area (Å²) in [5.74, 6) is 0. The summed E-state index contributed by atoms with van der Waals surface area (Å²) in [4.78, 5) is 31.4. The van der Waals surface area contributed by atoms with Crippen LogP contribution in [0.25, 0.3) is 0 Å². The Labute approximate surface area is 106 Å². The first kappa shape index (κ1) is 12.4. The number of non-ortho nitro benzene ring substituents is 1. The third-order valence-electron chi connectivity index (χ3n) is 3.03. The van der Waals surface area contributed by atoms with Gasteiger partial charge < -0.3 is 0 Å². The van der Waals surface area contributed by atoms with Crippen LogP contribution in [-0.4, -0.2) is 15.1 Å². The normalized spacial score (nSPS) is 16.1. The van der Waals surface area contributed by atoms with E-state index in [2.05, 4.69) is 0 Å². The van der Waals surface area contributed by atoms with Crippen molar-refractivity contribution >= 4 is 28.2 Å². The number of carbonyl (C=O) groups excluding carboxylic acids is 1. The molecular formula is C10H7ClN2O5. The minimum atomic E-state index is -1.04. The molecule has 0 spiro atoms. The average Bonchev–Trinajstić information content (AvgIpc) is 3.09. The molecule has 0 aliphatic heterocycles. The number of nitro benzene ring substituents is 2. The summed E-state index contributed by atoms with van der Waals surface area (Å²) in [6, 6.07) is 3.24. The zero-order chi connectivity index (χ0) is 13.5. The Hall–Kier alpha value is -2.02. The Bertz CT molecular complexity index is 567. The van der Waals surface area contributed by atoms with Crippen LogP contribution in [0.5, 0.6) is 0 Å². The molecule has 1 saturated carbocycles. The molecular weight excluding hydrogens is 264 g/mol. The molecule has 0 bridgehead atoms. The lowest BCUT2D eigenvalue weighted by molar-refractivity contribution is -0.394. The van der Waals surface area contributed by atoms with Gasteiger partial charge in [-0.2, -0.15) is 0 Å². The molecule has 2 rings (SSSR count). The first-order chi connectivity index (χ1) is 8.38. The van der Waals surface area contributed by atoms with Crippen LogP contribution in [0.1, 0.15) is 18.4 Å². The van der Waals surface area contributed by atoms with Crippen molar-refractivity contribution in [3.05, 3.63) is 44.0 Å². The van der Waals surface area contributed by atoms with E-state index in [1.807, 2.05) is 0 Å². The summed E-state index contributed by atoms with van der Waals surface area (Å²) >= 11 is 5.45. The van der Waals surface area contributed by atoms with Crippen molar-refractivity contribution in [3.63, 3.8) is 0 Å². The highest BCUT2D eigenvalue weighted by atomic mass is 35.5. The first-order valence-corrected chi connectivity index (χ1v) is 5.39. The molecule has 18 heavy (non-hydrogen) atoms. The van der Waals surface area contributed by atoms with E-state index in [0.717, 1.165) is 12.1 Å². The molecule has 1 aromatic rings. The average molecular weight is 271 g/mol. The molecule has 8 heteroatoms. The number of nitrogens with zero attached hydrogens (tertiary/aromatic N) is 2. The fraction of sp³-hybridized carbons (Fsp3) is 0.300. The maximum atomic E-state index is 11.3. The lowest BCUT2D eigenvalue weighted by Crippen LogP contribution is -2.16. The van der Waals surface area contributed by atoms with E-state index in [0.29, 0.717) is 12.8 Å². The van der Waals surface area contributed by atoms with E-state index in [4.69, 9.17) is 11.6 Å². The second-order valence-corrected chi connectivity index (χ2v) is 4.41. The number of rotatable bonds is 4. The molecule has 1 fully saturated rings. The molecule has 1 aromatic carbocycles. The zero-order valence-corrected chi connectivity index (χ0v) is 9.72. The van der Waals surface area contributed by atoms with Crippen LogP contribution in [0.2, 0.25) is 0 Å². The number of carbonyl (C=O) groups is 1. The molecule has 0 radical (unpaired) electrons. The Kier molecular flexibility index (Phi) is 2.78. The van der Waals surface area contributed by atoms with Crippen LogP contribution in [0.3, 0.4) is 0 Å². The van der Waals surface area contributed by atoms with Gasteiger partial charge in [0, 0.05) is 11.6 Å². The highest BCUT2D eigenvalue weighted by Gasteiger charge is 2.53. The third-order valence-corrected chi connectivity index (χ3v) is 3.39. The van der Waals surface area contributed by atoms with Crippen molar-refractivity contribution in [2.75, 3.05) is 0 Å². The minimum Gasteiger partial charge on any atom is -0.280 e. The molecule has 0 saturated heterocycles. The number of hydrogen-bond acceptors (Lipinski definition) is 5. The Morgan fingerprint density at radius 2 is 1.83 bits per heavy atom. The van der Waals surface area contributed by atoms with Crippen molar-refractivity contribution in [3.8, 4) is 0 Å². The third kappa shape index (κ3) is 1.82. The van der Waals surface area contributed by atoms with Gasteiger partial charge in [-0.1, -0.05) is 0 Å². The number of halogens is 1. The number of benzene rings is 1. The molecule has 0 N–H and O–H groups in total. The molecule has 0 heterocycles. The van der Waals surface area contributed by atoms with Crippen LogP contribution in [0.4, 0.5) is 11.4 Å². The quantitative estimate of drug-likeness (QED) is 0.474. The van der Waals surface area contributed by atoms with E-state index >= 15 is 0 Å². The Morgan fingerprint density at radius 3 is 2.22 bits per heavy atom. The lowest BCUT2D eigenvalue weighted by Gasteiger charge is -2.10. The SMILES string of the molecule is O=C(Cl)C1(c2ccc([N+](=O)[O-])cc2[N+](=O)[O-])CC1. The predicted octanol–water partition coefficient (Wildman–Crippen LogP) is 2.30. The van der Waals surface area contributed by atoms with E-state index in [9.17, 15) is 25.0 Å². The zero-order valence-electron chi connectivity index (χ0n) is 8.96. The van der Waals surface area contributed by atoms with E-state index in [1.54, 1.807) is 0 Å². The standard InChI is InChI=1S/C10H7ClN2O5/c11-9(14)10(3-4-10)7-2-1-6(12(15)16)5-8(7)13(17)18/h1-2,5H,3-4H2. The Balaban J connectivity index is 2.58. The largest absolute Gasteiger partial charge is 0.280 e. The van der Waals surface area contributed by atoms with Gasteiger partial charge in [0.1, 0.15) is 0 Å². The summed E-state index contributed by atoms with van der Waals surface area (Å²) in [7, 11) is 0. The van der Waals surface area contributed by atoms with Crippen molar-refractivity contribution < 1.29 is 14.6 Å². The molecule has 1 aliphatic rings. The van der Waals surface area contributed by atoms with Crippen LogP contribution in [0, 0.1) is 20.2 Å². The summed E-state index contributed by atoms with van der Waals surface area (Å²) in [5.41, 5.74) is -1.71. The molecule has 0 atom stereocenters. The molecule has 0 amide bonds. The van der Waals surface area contributed by atoms with Crippen molar-refractivity contribution in [2.24, 2.45) is 0 Å². The van der Waals surface area contributed by atoms with Gasteiger partial charge >= 0.3 is 0 Å². The van der Waals surface area contributed by atoms with Gasteiger partial charge in [-0.05, 0) is 30.5 Å². The van der Waals surface area contributed by atoms with Gasteiger partial charge in [0.2, 0.25) is 5.24 Å². The van der Waals surface area contributed by atoms with Crippen LogP contribution in [0.15, 0.2) is 18.2 Å². The van der Waals surface area contributed by atoms with Gasteiger partial charge in [-0.15, -0.1) is 0 Å². The van der Waals surface area contributed by atoms with Gasteiger partial charge in [0.05, 0.1) is 21.3 Å². The highest BCUT2D eigenvalue weighted by molar-refractivity contribution is 6.66. The van der Waals surface area contributed by atoms with Gasteiger partial charge in [-0.3, -0.25) is 25.0 Å². The fourth-order valence-corrected chi connectivity index (χ4v) is 2.18.